The quantitative estimate of drug-likeness (QED) is 0.680. The molecule has 0 spiro atoms. The third-order valence-corrected chi connectivity index (χ3v) is 4.10. The summed E-state index contributed by atoms with van der Waals surface area (Å²) in [5.41, 5.74) is 4.75. The molecule has 2 nitrogen and oxygen atoms in total. The van der Waals surface area contributed by atoms with Gasteiger partial charge in [0.1, 0.15) is 0 Å². The molecule has 2 aromatic carbocycles. The maximum Gasteiger partial charge on any atom is 0.191 e. The van der Waals surface area contributed by atoms with Gasteiger partial charge in [-0.15, -0.1) is 0 Å². The Labute approximate surface area is 142 Å². The zero-order valence-corrected chi connectivity index (χ0v) is 13.3. The Balaban J connectivity index is 1.52. The highest BCUT2D eigenvalue weighted by Crippen LogP contribution is 2.24. The summed E-state index contributed by atoms with van der Waals surface area (Å²) in [4.78, 5) is 4.24. The predicted molar refractivity (Wildman–Crippen MR) is 101 cm³/mol. The topological polar surface area (TPSA) is 9.14 Å². The first-order valence-electron chi connectivity index (χ1n) is 8.04. The van der Waals surface area contributed by atoms with Crippen LogP contribution in [0.4, 0.5) is 11.4 Å². The molecule has 1 radical (unpaired) electrons. The Morgan fingerprint density at radius 3 is 1.75 bits per heavy atom. The number of hydrogen-bond donors (Lipinski definition) is 0. The number of hydrogen-bond acceptors (Lipinski definition) is 2. The van der Waals surface area contributed by atoms with Gasteiger partial charge in [-0.2, -0.15) is 0 Å². The van der Waals surface area contributed by atoms with Crippen molar-refractivity contribution < 1.29 is 0 Å². The molecule has 0 aromatic heterocycles. The molecule has 0 atom stereocenters. The smallest absolute Gasteiger partial charge is 0.191 e. The van der Waals surface area contributed by atoms with Gasteiger partial charge in [0.05, 0.1) is 0 Å². The summed E-state index contributed by atoms with van der Waals surface area (Å²) >= 11 is 0. The number of para-hydroxylation sites is 2. The Morgan fingerprint density at radius 2 is 1.12 bits per heavy atom. The van der Waals surface area contributed by atoms with Crippen LogP contribution in [0.1, 0.15) is 0 Å². The fourth-order valence-corrected chi connectivity index (χ4v) is 2.78. The molecule has 24 heavy (non-hydrogen) atoms. The fraction of sp³-hybridized carbons (Fsp3) is 0. The second-order valence-corrected chi connectivity index (χ2v) is 5.66. The summed E-state index contributed by atoms with van der Waals surface area (Å²) in [5.74, 6) is 0. The standard InChI is InChI=1S/C22H18N2/c1-3-7-21(8-4-1)23-15-11-19(12-16-23)20-13-17-24(18-14-20)22-9-5-2-6-10-22/h1-18H/q+1. The zero-order valence-electron chi connectivity index (χ0n) is 13.3. The summed E-state index contributed by atoms with van der Waals surface area (Å²) in [6.07, 6.45) is 17.0. The molecule has 0 amide bonds. The molecule has 2 aliphatic heterocycles. The minimum atomic E-state index is 1.17. The molecule has 0 bridgehead atoms. The highest BCUT2D eigenvalue weighted by atomic mass is 15.1. The molecule has 0 fully saturated rings. The molecule has 2 aromatic rings. The Bertz CT molecular complexity index is 750. The van der Waals surface area contributed by atoms with Crippen LogP contribution in [-0.2, 0) is 0 Å². The second-order valence-electron chi connectivity index (χ2n) is 5.66. The summed E-state index contributed by atoms with van der Waals surface area (Å²) in [6.45, 7) is 0. The van der Waals surface area contributed by atoms with Crippen molar-refractivity contribution in [3.63, 3.8) is 0 Å². The molecule has 2 heterocycles. The third kappa shape index (κ3) is 3.00. The van der Waals surface area contributed by atoms with E-state index in [0.717, 1.165) is 0 Å². The molecule has 0 unspecified atom stereocenters. The van der Waals surface area contributed by atoms with Crippen LogP contribution < -0.4 is 9.80 Å². The lowest BCUT2D eigenvalue weighted by molar-refractivity contribution is 0.889. The third-order valence-electron chi connectivity index (χ3n) is 4.10. The van der Waals surface area contributed by atoms with Crippen molar-refractivity contribution in [3.8, 4) is 0 Å². The largest absolute Gasteiger partial charge is 0.324 e. The second kappa shape index (κ2) is 6.57. The van der Waals surface area contributed by atoms with Crippen molar-refractivity contribution in [2.75, 3.05) is 4.90 Å². The SMILES string of the molecule is C1=CN(c2ccccc2)C=CC1=C1C=C[N+](c2ccccc2)C=C1. The molecule has 4 rings (SSSR count). The lowest BCUT2D eigenvalue weighted by Gasteiger charge is -2.19. The Hall–Kier alpha value is -3.10. The van der Waals surface area contributed by atoms with Crippen molar-refractivity contribution in [1.82, 2.24) is 4.90 Å². The first kappa shape index (κ1) is 14.5. The highest BCUT2D eigenvalue weighted by molar-refractivity contribution is 5.59. The Kier molecular flexibility index (Phi) is 3.96. The van der Waals surface area contributed by atoms with Crippen molar-refractivity contribution in [3.05, 3.63) is 121 Å². The molecule has 0 saturated carbocycles. The van der Waals surface area contributed by atoms with Crippen molar-refractivity contribution >= 4 is 11.4 Å². The summed E-state index contributed by atoms with van der Waals surface area (Å²) in [5, 5.41) is 0. The van der Waals surface area contributed by atoms with Crippen LogP contribution in [-0.4, -0.2) is 0 Å². The van der Waals surface area contributed by atoms with E-state index in [4.69, 9.17) is 0 Å². The van der Waals surface area contributed by atoms with E-state index in [-0.39, 0.29) is 0 Å². The molecule has 0 N–H and O–H groups in total. The van der Waals surface area contributed by atoms with Gasteiger partial charge < -0.3 is 4.90 Å². The minimum Gasteiger partial charge on any atom is -0.324 e. The van der Waals surface area contributed by atoms with Gasteiger partial charge in [0, 0.05) is 42.4 Å². The number of benzene rings is 2. The molecule has 0 saturated heterocycles. The van der Waals surface area contributed by atoms with Crippen molar-refractivity contribution in [2.24, 2.45) is 0 Å². The monoisotopic (exact) mass is 310 g/mol. The van der Waals surface area contributed by atoms with Crippen molar-refractivity contribution in [2.45, 2.75) is 0 Å². The lowest BCUT2D eigenvalue weighted by atomic mass is 10.0. The molecule has 2 aliphatic rings. The van der Waals surface area contributed by atoms with Crippen LogP contribution in [0.5, 0.6) is 0 Å². The van der Waals surface area contributed by atoms with Crippen LogP contribution in [0.25, 0.3) is 0 Å². The first-order valence-corrected chi connectivity index (χ1v) is 8.04. The van der Waals surface area contributed by atoms with Gasteiger partial charge in [-0.25, -0.2) is 0 Å². The van der Waals surface area contributed by atoms with E-state index < -0.39 is 0 Å². The van der Waals surface area contributed by atoms with E-state index in [2.05, 4.69) is 107 Å². The normalized spacial score (nSPS) is 16.9. The number of rotatable bonds is 2. The van der Waals surface area contributed by atoms with Crippen LogP contribution in [0, 0.1) is 0 Å². The molecule has 2 heteroatoms. The molecule has 0 aliphatic carbocycles. The van der Waals surface area contributed by atoms with Gasteiger partial charge in [0.25, 0.3) is 0 Å². The van der Waals surface area contributed by atoms with E-state index in [9.17, 15) is 0 Å². The van der Waals surface area contributed by atoms with Crippen LogP contribution in [0.3, 0.4) is 0 Å². The number of allylic oxidation sites excluding steroid dienone is 6. The van der Waals surface area contributed by atoms with Crippen molar-refractivity contribution in [1.29, 1.82) is 0 Å². The van der Waals surface area contributed by atoms with E-state index >= 15 is 0 Å². The minimum absolute atomic E-state index is 1.17. The van der Waals surface area contributed by atoms with Gasteiger partial charge in [-0.05, 0) is 35.4 Å². The average Bonchev–Trinajstić information content (AvgIpc) is 2.70. The number of nitrogens with zero attached hydrogens (tertiary/aromatic N) is 2. The maximum absolute atomic E-state index is 2.15. The van der Waals surface area contributed by atoms with E-state index in [1.54, 1.807) is 0 Å². The summed E-state index contributed by atoms with van der Waals surface area (Å²) < 4.78 is 0. The van der Waals surface area contributed by atoms with Gasteiger partial charge in [0.2, 0.25) is 0 Å². The van der Waals surface area contributed by atoms with Gasteiger partial charge in [0.15, 0.2) is 18.1 Å². The zero-order chi connectivity index (χ0) is 16.2. The molecular weight excluding hydrogens is 292 g/mol. The maximum atomic E-state index is 2.15. The van der Waals surface area contributed by atoms with E-state index in [0.29, 0.717) is 0 Å². The van der Waals surface area contributed by atoms with Gasteiger partial charge in [-0.1, -0.05) is 41.3 Å². The fourth-order valence-electron chi connectivity index (χ4n) is 2.78. The van der Waals surface area contributed by atoms with E-state index in [1.165, 1.54) is 22.5 Å². The first-order chi connectivity index (χ1) is 11.9. The lowest BCUT2D eigenvalue weighted by Crippen LogP contribution is -2.12. The molecule has 115 valence electrons. The Morgan fingerprint density at radius 1 is 0.583 bits per heavy atom. The number of anilines is 2. The van der Waals surface area contributed by atoms with Gasteiger partial charge >= 0.3 is 0 Å². The van der Waals surface area contributed by atoms with E-state index in [1.807, 2.05) is 12.1 Å². The summed E-state index contributed by atoms with van der Waals surface area (Å²) in [6, 6.07) is 20.7. The highest BCUT2D eigenvalue weighted by Gasteiger charge is 2.16. The van der Waals surface area contributed by atoms with Crippen LogP contribution in [0.15, 0.2) is 121 Å². The van der Waals surface area contributed by atoms with Crippen LogP contribution >= 0.6 is 0 Å². The average molecular weight is 310 g/mol. The summed E-state index contributed by atoms with van der Waals surface area (Å²) in [7, 11) is 0. The molecular formula is C22H18N2+. The predicted octanol–water partition coefficient (Wildman–Crippen LogP) is 5.34. The van der Waals surface area contributed by atoms with Crippen LogP contribution in [0.2, 0.25) is 0 Å². The van der Waals surface area contributed by atoms with Gasteiger partial charge in [-0.3, -0.25) is 0 Å².